The molecule has 1 aliphatic carbocycles. The van der Waals surface area contributed by atoms with Crippen molar-refractivity contribution in [1.29, 1.82) is 0 Å². The zero-order valence-electron chi connectivity index (χ0n) is 16.7. The van der Waals surface area contributed by atoms with Gasteiger partial charge in [-0.1, -0.05) is 6.42 Å². The molecule has 8 heteroatoms. The fraction of sp³-hybridized carbons (Fsp3) is 0.600. The van der Waals surface area contributed by atoms with Gasteiger partial charge in [0.25, 0.3) is 0 Å². The maximum absolute atomic E-state index is 13.0. The summed E-state index contributed by atoms with van der Waals surface area (Å²) in [5, 5.41) is 0. The fourth-order valence-corrected chi connectivity index (χ4v) is 4.09. The largest absolute Gasteiger partial charge is 0.497 e. The first-order valence-corrected chi connectivity index (χ1v) is 9.50. The highest BCUT2D eigenvalue weighted by atomic mass is 35.5. The Balaban J connectivity index is 0.00000280. The Morgan fingerprint density at radius 3 is 2.36 bits per heavy atom. The van der Waals surface area contributed by atoms with Crippen molar-refractivity contribution in [3.63, 3.8) is 0 Å². The standard InChI is InChI=1S/C20H29N3O4.ClH/c1-22(19(24)9-13-5-4-6-17(13)21)18-7-8-23(20(18)25)14-10-15(26-2)12-16(11-14)27-3;/h10-13,17-18H,4-9,21H2,1-3H3;1H/t13-,17+,18?;/m0./s1. The molecule has 7 nitrogen and oxygen atoms in total. The Bertz CT molecular complexity index is 692. The number of carbonyl (C=O) groups is 2. The molecule has 1 unspecified atom stereocenters. The summed E-state index contributed by atoms with van der Waals surface area (Å²) in [5.74, 6) is 1.41. The summed E-state index contributed by atoms with van der Waals surface area (Å²) in [6, 6.07) is 5.04. The topological polar surface area (TPSA) is 85.1 Å². The van der Waals surface area contributed by atoms with E-state index in [9.17, 15) is 9.59 Å². The molecule has 2 fully saturated rings. The summed E-state index contributed by atoms with van der Waals surface area (Å²) in [4.78, 5) is 29.0. The summed E-state index contributed by atoms with van der Waals surface area (Å²) < 4.78 is 10.6. The van der Waals surface area contributed by atoms with Gasteiger partial charge in [0, 0.05) is 44.3 Å². The van der Waals surface area contributed by atoms with Crippen molar-refractivity contribution >= 4 is 29.9 Å². The average Bonchev–Trinajstić information content (AvgIpc) is 3.26. The Kier molecular flexibility index (Phi) is 7.55. The average molecular weight is 412 g/mol. The second-order valence-corrected chi connectivity index (χ2v) is 7.43. The highest BCUT2D eigenvalue weighted by molar-refractivity contribution is 6.01. The molecule has 0 radical (unpaired) electrons. The molecule has 1 aromatic rings. The molecule has 2 N–H and O–H groups in total. The molecular formula is C20H30ClN3O4. The molecule has 1 aromatic carbocycles. The van der Waals surface area contributed by atoms with Crippen molar-refractivity contribution in [1.82, 2.24) is 4.90 Å². The predicted octanol–water partition coefficient (Wildman–Crippen LogP) is 2.21. The van der Waals surface area contributed by atoms with Crippen LogP contribution in [0, 0.1) is 5.92 Å². The molecule has 1 aliphatic heterocycles. The van der Waals surface area contributed by atoms with E-state index in [0.717, 1.165) is 24.9 Å². The van der Waals surface area contributed by atoms with E-state index in [1.165, 1.54) is 0 Å². The van der Waals surface area contributed by atoms with Crippen molar-refractivity contribution < 1.29 is 19.1 Å². The Hall–Kier alpha value is -1.99. The second-order valence-electron chi connectivity index (χ2n) is 7.43. The molecule has 0 bridgehead atoms. The minimum absolute atomic E-state index is 0. The van der Waals surface area contributed by atoms with Gasteiger partial charge < -0.3 is 25.0 Å². The summed E-state index contributed by atoms with van der Waals surface area (Å²) in [6.07, 6.45) is 4.09. The molecule has 1 saturated heterocycles. The number of halogens is 1. The summed E-state index contributed by atoms with van der Waals surface area (Å²) in [5.41, 5.74) is 6.81. The molecule has 3 rings (SSSR count). The number of hydrogen-bond donors (Lipinski definition) is 1. The van der Waals surface area contributed by atoms with E-state index in [1.807, 2.05) is 12.1 Å². The first-order chi connectivity index (χ1) is 12.9. The number of methoxy groups -OCH3 is 2. The van der Waals surface area contributed by atoms with Crippen molar-refractivity contribution in [3.8, 4) is 11.5 Å². The number of likely N-dealkylation sites (N-methyl/N-ethyl adjacent to an activating group) is 1. The van der Waals surface area contributed by atoms with Gasteiger partial charge in [0.1, 0.15) is 17.5 Å². The fourth-order valence-electron chi connectivity index (χ4n) is 4.09. The van der Waals surface area contributed by atoms with Gasteiger partial charge in [-0.3, -0.25) is 9.59 Å². The summed E-state index contributed by atoms with van der Waals surface area (Å²) in [7, 11) is 4.88. The minimum atomic E-state index is -0.438. The lowest BCUT2D eigenvalue weighted by Crippen LogP contribution is -2.44. The molecule has 3 atom stereocenters. The number of nitrogens with zero attached hydrogens (tertiary/aromatic N) is 2. The quantitative estimate of drug-likeness (QED) is 0.775. The van der Waals surface area contributed by atoms with Crippen LogP contribution in [-0.4, -0.2) is 56.6 Å². The molecule has 156 valence electrons. The number of ether oxygens (including phenoxy) is 2. The summed E-state index contributed by atoms with van der Waals surface area (Å²) in [6.45, 7) is 0.556. The Morgan fingerprint density at radius 2 is 1.82 bits per heavy atom. The van der Waals surface area contributed by atoms with Gasteiger partial charge in [0.05, 0.1) is 19.9 Å². The number of rotatable bonds is 6. The van der Waals surface area contributed by atoms with Crippen molar-refractivity contribution in [2.45, 2.75) is 44.2 Å². The third kappa shape index (κ3) is 4.52. The van der Waals surface area contributed by atoms with E-state index in [1.54, 1.807) is 37.1 Å². The van der Waals surface area contributed by atoms with Crippen LogP contribution in [0.25, 0.3) is 0 Å². The normalized spacial score (nSPS) is 24.1. The van der Waals surface area contributed by atoms with Crippen LogP contribution in [0.5, 0.6) is 11.5 Å². The van der Waals surface area contributed by atoms with Gasteiger partial charge in [-0.25, -0.2) is 0 Å². The van der Waals surface area contributed by atoms with Crippen LogP contribution in [-0.2, 0) is 9.59 Å². The van der Waals surface area contributed by atoms with Crippen molar-refractivity contribution in [2.24, 2.45) is 11.7 Å². The van der Waals surface area contributed by atoms with E-state index < -0.39 is 6.04 Å². The maximum Gasteiger partial charge on any atom is 0.249 e. The van der Waals surface area contributed by atoms with E-state index in [4.69, 9.17) is 15.2 Å². The van der Waals surface area contributed by atoms with Crippen LogP contribution in [0.3, 0.4) is 0 Å². The van der Waals surface area contributed by atoms with E-state index in [2.05, 4.69) is 0 Å². The first-order valence-electron chi connectivity index (χ1n) is 9.50. The highest BCUT2D eigenvalue weighted by Gasteiger charge is 2.38. The molecule has 0 spiro atoms. The smallest absolute Gasteiger partial charge is 0.249 e. The zero-order chi connectivity index (χ0) is 19.6. The monoisotopic (exact) mass is 411 g/mol. The number of anilines is 1. The Morgan fingerprint density at radius 1 is 1.18 bits per heavy atom. The van der Waals surface area contributed by atoms with Crippen LogP contribution in [0.15, 0.2) is 18.2 Å². The maximum atomic E-state index is 13.0. The van der Waals surface area contributed by atoms with Crippen LogP contribution >= 0.6 is 12.4 Å². The van der Waals surface area contributed by atoms with E-state index >= 15 is 0 Å². The molecular weight excluding hydrogens is 382 g/mol. The molecule has 2 amide bonds. The molecule has 1 heterocycles. The van der Waals surface area contributed by atoms with Crippen LogP contribution in [0.1, 0.15) is 32.1 Å². The van der Waals surface area contributed by atoms with Crippen LogP contribution in [0.4, 0.5) is 5.69 Å². The summed E-state index contributed by atoms with van der Waals surface area (Å²) >= 11 is 0. The molecule has 0 aromatic heterocycles. The number of amides is 2. The van der Waals surface area contributed by atoms with Gasteiger partial charge >= 0.3 is 0 Å². The lowest BCUT2D eigenvalue weighted by molar-refractivity contribution is -0.137. The molecule has 2 aliphatic rings. The number of benzene rings is 1. The molecule has 28 heavy (non-hydrogen) atoms. The van der Waals surface area contributed by atoms with Crippen molar-refractivity contribution in [2.75, 3.05) is 32.7 Å². The SMILES string of the molecule is COc1cc(OC)cc(N2CCC(N(C)C(=O)C[C@@H]3CCC[C@H]3N)C2=O)c1.Cl. The van der Waals surface area contributed by atoms with Crippen molar-refractivity contribution in [3.05, 3.63) is 18.2 Å². The number of hydrogen-bond acceptors (Lipinski definition) is 5. The highest BCUT2D eigenvalue weighted by Crippen LogP contribution is 2.32. The lowest BCUT2D eigenvalue weighted by Gasteiger charge is -2.26. The third-order valence-electron chi connectivity index (χ3n) is 5.84. The molecule has 1 saturated carbocycles. The van der Waals surface area contributed by atoms with Crippen LogP contribution < -0.4 is 20.1 Å². The zero-order valence-corrected chi connectivity index (χ0v) is 17.5. The Labute approximate surface area is 172 Å². The minimum Gasteiger partial charge on any atom is -0.497 e. The predicted molar refractivity (Wildman–Crippen MR) is 110 cm³/mol. The lowest BCUT2D eigenvalue weighted by atomic mass is 9.99. The van der Waals surface area contributed by atoms with Gasteiger partial charge in [-0.2, -0.15) is 0 Å². The van der Waals surface area contributed by atoms with Gasteiger partial charge in [0.15, 0.2) is 0 Å². The van der Waals surface area contributed by atoms with Gasteiger partial charge in [-0.05, 0) is 25.2 Å². The van der Waals surface area contributed by atoms with Gasteiger partial charge in [-0.15, -0.1) is 12.4 Å². The van der Waals surface area contributed by atoms with E-state index in [-0.39, 0.29) is 36.2 Å². The van der Waals surface area contributed by atoms with Gasteiger partial charge in [0.2, 0.25) is 11.8 Å². The van der Waals surface area contributed by atoms with E-state index in [0.29, 0.717) is 30.9 Å². The second kappa shape index (κ2) is 9.47. The van der Waals surface area contributed by atoms with Crippen LogP contribution in [0.2, 0.25) is 0 Å². The third-order valence-corrected chi connectivity index (χ3v) is 5.84. The number of nitrogens with two attached hydrogens (primary N) is 1. The first kappa shape index (κ1) is 22.3. The number of carbonyl (C=O) groups excluding carboxylic acids is 2.